The van der Waals surface area contributed by atoms with Gasteiger partial charge in [0.2, 0.25) is 5.91 Å². The fourth-order valence-corrected chi connectivity index (χ4v) is 1.52. The van der Waals surface area contributed by atoms with E-state index in [0.717, 1.165) is 25.9 Å². The fraction of sp³-hybridized carbons (Fsp3) is 0.700. The Hall–Kier alpha value is -0.870. The first kappa shape index (κ1) is 11.2. The van der Waals surface area contributed by atoms with Crippen molar-refractivity contribution in [2.24, 2.45) is 0 Å². The molecule has 14 heavy (non-hydrogen) atoms. The molecule has 1 amide bonds. The number of amides is 1. The molecule has 0 aromatic heterocycles. The molecule has 1 saturated heterocycles. The van der Waals surface area contributed by atoms with Crippen LogP contribution in [-0.4, -0.2) is 48.2 Å². The summed E-state index contributed by atoms with van der Waals surface area (Å²) in [6, 6.07) is 0. The third-order valence-corrected chi connectivity index (χ3v) is 2.37. The molecule has 1 aliphatic rings. The Bertz CT molecular complexity index is 198. The van der Waals surface area contributed by atoms with Crippen LogP contribution in [-0.2, 0) is 4.79 Å². The highest BCUT2D eigenvalue weighted by Gasteiger charge is 2.18. The van der Waals surface area contributed by atoms with Gasteiger partial charge in [-0.15, -0.1) is 6.58 Å². The number of carbonyl (C=O) groups excluding carboxylic acids is 1. The number of nitrogens with one attached hydrogen (secondary N) is 1. The van der Waals surface area contributed by atoms with E-state index in [-0.39, 0.29) is 12.0 Å². The molecule has 80 valence electrons. The van der Waals surface area contributed by atoms with Crippen LogP contribution >= 0.6 is 0 Å². The van der Waals surface area contributed by atoms with Crippen LogP contribution in [0.25, 0.3) is 0 Å². The maximum Gasteiger partial charge on any atom is 0.234 e. The van der Waals surface area contributed by atoms with Gasteiger partial charge in [-0.25, -0.2) is 0 Å². The van der Waals surface area contributed by atoms with Crippen LogP contribution in [0, 0.1) is 0 Å². The quantitative estimate of drug-likeness (QED) is 0.612. The van der Waals surface area contributed by atoms with E-state index in [1.165, 1.54) is 0 Å². The molecule has 0 aromatic carbocycles. The summed E-state index contributed by atoms with van der Waals surface area (Å²) in [4.78, 5) is 13.3. The lowest BCUT2D eigenvalue weighted by Gasteiger charge is -2.28. The van der Waals surface area contributed by atoms with E-state index >= 15 is 0 Å². The molecule has 4 nitrogen and oxygen atoms in total. The standard InChI is InChI=1S/C10H18N2O2/c1-2-5-11-10(14)8-12-6-3-9(13)4-7-12/h2,9,13H,1,3-8H2,(H,11,14). The highest BCUT2D eigenvalue weighted by atomic mass is 16.3. The van der Waals surface area contributed by atoms with Gasteiger partial charge in [-0.1, -0.05) is 6.08 Å². The van der Waals surface area contributed by atoms with Crippen LogP contribution in [0.5, 0.6) is 0 Å². The zero-order chi connectivity index (χ0) is 10.4. The van der Waals surface area contributed by atoms with Gasteiger partial charge in [0.25, 0.3) is 0 Å². The first-order chi connectivity index (χ1) is 6.72. The molecule has 0 saturated carbocycles. The van der Waals surface area contributed by atoms with Crippen LogP contribution in [0.1, 0.15) is 12.8 Å². The topological polar surface area (TPSA) is 52.6 Å². The number of hydrogen-bond donors (Lipinski definition) is 2. The average molecular weight is 198 g/mol. The largest absolute Gasteiger partial charge is 0.393 e. The summed E-state index contributed by atoms with van der Waals surface area (Å²) in [6.45, 7) is 6.10. The molecule has 0 unspecified atom stereocenters. The Kier molecular flexibility index (Phi) is 4.62. The van der Waals surface area contributed by atoms with Crippen molar-refractivity contribution in [2.45, 2.75) is 18.9 Å². The van der Waals surface area contributed by atoms with Gasteiger partial charge < -0.3 is 10.4 Å². The average Bonchev–Trinajstić information content (AvgIpc) is 2.18. The summed E-state index contributed by atoms with van der Waals surface area (Å²) in [5.41, 5.74) is 0. The molecular weight excluding hydrogens is 180 g/mol. The van der Waals surface area contributed by atoms with Gasteiger partial charge in [-0.2, -0.15) is 0 Å². The lowest BCUT2D eigenvalue weighted by molar-refractivity contribution is -0.122. The molecule has 0 radical (unpaired) electrons. The Morgan fingerprint density at radius 2 is 2.21 bits per heavy atom. The molecular formula is C10H18N2O2. The first-order valence-corrected chi connectivity index (χ1v) is 5.00. The van der Waals surface area contributed by atoms with Crippen LogP contribution in [0.4, 0.5) is 0 Å². The second-order valence-electron chi connectivity index (χ2n) is 3.60. The predicted molar refractivity (Wildman–Crippen MR) is 54.9 cm³/mol. The smallest absolute Gasteiger partial charge is 0.234 e. The molecule has 0 atom stereocenters. The monoisotopic (exact) mass is 198 g/mol. The summed E-state index contributed by atoms with van der Waals surface area (Å²) in [5.74, 6) is 0.0290. The SMILES string of the molecule is C=CCNC(=O)CN1CCC(O)CC1. The van der Waals surface area contributed by atoms with E-state index in [4.69, 9.17) is 0 Å². The summed E-state index contributed by atoms with van der Waals surface area (Å²) in [6.07, 6.45) is 3.03. The van der Waals surface area contributed by atoms with Crippen molar-refractivity contribution in [3.8, 4) is 0 Å². The van der Waals surface area contributed by atoms with E-state index in [0.29, 0.717) is 13.1 Å². The highest BCUT2D eigenvalue weighted by molar-refractivity contribution is 5.78. The summed E-state index contributed by atoms with van der Waals surface area (Å²) in [5, 5.41) is 12.0. The molecule has 1 heterocycles. The van der Waals surface area contributed by atoms with Crippen molar-refractivity contribution in [2.75, 3.05) is 26.2 Å². The molecule has 1 fully saturated rings. The van der Waals surface area contributed by atoms with Crippen molar-refractivity contribution in [1.82, 2.24) is 10.2 Å². The maximum atomic E-state index is 11.3. The summed E-state index contributed by atoms with van der Waals surface area (Å²) >= 11 is 0. The van der Waals surface area contributed by atoms with E-state index < -0.39 is 0 Å². The Labute approximate surface area is 84.6 Å². The molecule has 2 N–H and O–H groups in total. The van der Waals surface area contributed by atoms with E-state index in [9.17, 15) is 9.90 Å². The lowest BCUT2D eigenvalue weighted by atomic mass is 10.1. The normalized spacial score (nSPS) is 19.2. The minimum Gasteiger partial charge on any atom is -0.393 e. The number of aliphatic hydroxyl groups excluding tert-OH is 1. The third kappa shape index (κ3) is 3.89. The van der Waals surface area contributed by atoms with E-state index in [1.807, 2.05) is 0 Å². The minimum absolute atomic E-state index is 0.0290. The van der Waals surface area contributed by atoms with Gasteiger partial charge in [0.05, 0.1) is 12.6 Å². The van der Waals surface area contributed by atoms with Gasteiger partial charge in [0, 0.05) is 19.6 Å². The molecule has 0 bridgehead atoms. The van der Waals surface area contributed by atoms with Crippen molar-refractivity contribution in [1.29, 1.82) is 0 Å². The molecule has 1 aliphatic heterocycles. The zero-order valence-corrected chi connectivity index (χ0v) is 8.41. The van der Waals surface area contributed by atoms with Gasteiger partial charge in [-0.3, -0.25) is 9.69 Å². The van der Waals surface area contributed by atoms with Gasteiger partial charge >= 0.3 is 0 Å². The number of carbonyl (C=O) groups is 1. The summed E-state index contributed by atoms with van der Waals surface area (Å²) in [7, 11) is 0. The fourth-order valence-electron chi connectivity index (χ4n) is 1.52. The van der Waals surface area contributed by atoms with Crippen molar-refractivity contribution in [3.05, 3.63) is 12.7 Å². The van der Waals surface area contributed by atoms with Crippen LogP contribution < -0.4 is 5.32 Å². The molecule has 0 aliphatic carbocycles. The van der Waals surface area contributed by atoms with Crippen LogP contribution in [0.15, 0.2) is 12.7 Å². The number of likely N-dealkylation sites (tertiary alicyclic amines) is 1. The van der Waals surface area contributed by atoms with Gasteiger partial charge in [0.15, 0.2) is 0 Å². The number of aliphatic hydroxyl groups is 1. The number of hydrogen-bond acceptors (Lipinski definition) is 3. The third-order valence-electron chi connectivity index (χ3n) is 2.37. The second-order valence-corrected chi connectivity index (χ2v) is 3.60. The number of nitrogens with zero attached hydrogens (tertiary/aromatic N) is 1. The molecule has 1 rings (SSSR count). The van der Waals surface area contributed by atoms with Crippen molar-refractivity contribution < 1.29 is 9.90 Å². The molecule has 4 heteroatoms. The van der Waals surface area contributed by atoms with Gasteiger partial charge in [-0.05, 0) is 12.8 Å². The van der Waals surface area contributed by atoms with Crippen molar-refractivity contribution >= 4 is 5.91 Å². The van der Waals surface area contributed by atoms with Crippen LogP contribution in [0.3, 0.4) is 0 Å². The number of rotatable bonds is 4. The number of piperidine rings is 1. The predicted octanol–water partition coefficient (Wildman–Crippen LogP) is -0.255. The van der Waals surface area contributed by atoms with Crippen LogP contribution in [0.2, 0.25) is 0 Å². The van der Waals surface area contributed by atoms with Gasteiger partial charge in [0.1, 0.15) is 0 Å². The maximum absolute atomic E-state index is 11.3. The highest BCUT2D eigenvalue weighted by Crippen LogP contribution is 2.08. The Morgan fingerprint density at radius 1 is 1.57 bits per heavy atom. The zero-order valence-electron chi connectivity index (χ0n) is 8.41. The second kappa shape index (κ2) is 5.78. The Balaban J connectivity index is 2.17. The Morgan fingerprint density at radius 3 is 2.79 bits per heavy atom. The lowest BCUT2D eigenvalue weighted by Crippen LogP contribution is -2.42. The van der Waals surface area contributed by atoms with E-state index in [1.54, 1.807) is 6.08 Å². The van der Waals surface area contributed by atoms with E-state index in [2.05, 4.69) is 16.8 Å². The minimum atomic E-state index is -0.178. The molecule has 0 aromatic rings. The van der Waals surface area contributed by atoms with Crippen molar-refractivity contribution in [3.63, 3.8) is 0 Å². The summed E-state index contributed by atoms with van der Waals surface area (Å²) < 4.78 is 0. The molecule has 0 spiro atoms. The first-order valence-electron chi connectivity index (χ1n) is 5.00.